The van der Waals surface area contributed by atoms with E-state index in [1.165, 1.54) is 28.7 Å². The molecule has 1 aliphatic carbocycles. The second-order valence-electron chi connectivity index (χ2n) is 6.08. The van der Waals surface area contributed by atoms with Crippen molar-refractivity contribution in [3.8, 4) is 0 Å². The summed E-state index contributed by atoms with van der Waals surface area (Å²) in [6, 6.07) is 17.6. The summed E-state index contributed by atoms with van der Waals surface area (Å²) >= 11 is 0. The molecule has 0 bridgehead atoms. The van der Waals surface area contributed by atoms with Gasteiger partial charge in [-0.2, -0.15) is 0 Å². The molecule has 2 aromatic carbocycles. The van der Waals surface area contributed by atoms with E-state index in [0.29, 0.717) is 11.8 Å². The molecular formula is C18H20N2O. The van der Waals surface area contributed by atoms with E-state index in [1.54, 1.807) is 0 Å². The van der Waals surface area contributed by atoms with Gasteiger partial charge >= 0.3 is 0 Å². The maximum Gasteiger partial charge on any atom is 0.0725 e. The van der Waals surface area contributed by atoms with Crippen LogP contribution in [-0.2, 0) is 18.0 Å². The first-order valence-electron chi connectivity index (χ1n) is 7.57. The molecular weight excluding hydrogens is 260 g/mol. The third-order valence-corrected chi connectivity index (χ3v) is 4.78. The van der Waals surface area contributed by atoms with Gasteiger partial charge < -0.3 is 4.74 Å². The molecule has 3 heteroatoms. The normalized spacial score (nSPS) is 24.6. The van der Waals surface area contributed by atoms with Crippen molar-refractivity contribution >= 4 is 0 Å². The molecule has 21 heavy (non-hydrogen) atoms. The van der Waals surface area contributed by atoms with E-state index in [1.807, 2.05) is 0 Å². The molecule has 0 amide bonds. The lowest BCUT2D eigenvalue weighted by Crippen LogP contribution is -2.30. The molecule has 2 aliphatic rings. The fourth-order valence-corrected chi connectivity index (χ4v) is 3.52. The molecule has 1 aliphatic heterocycles. The van der Waals surface area contributed by atoms with Crippen molar-refractivity contribution in [1.29, 1.82) is 0 Å². The number of hydrazine groups is 1. The SMILES string of the molecule is NNC(c1ccc2c(c1)COC2)C1CC1c1ccccc1. The summed E-state index contributed by atoms with van der Waals surface area (Å²) in [7, 11) is 0. The number of nitrogens with one attached hydrogen (secondary N) is 1. The third-order valence-electron chi connectivity index (χ3n) is 4.78. The maximum atomic E-state index is 5.85. The molecule has 108 valence electrons. The number of benzene rings is 2. The van der Waals surface area contributed by atoms with Crippen LogP contribution in [0.1, 0.15) is 40.6 Å². The van der Waals surface area contributed by atoms with Crippen LogP contribution in [0.5, 0.6) is 0 Å². The van der Waals surface area contributed by atoms with Gasteiger partial charge in [0.05, 0.1) is 13.2 Å². The van der Waals surface area contributed by atoms with Crippen LogP contribution in [0.15, 0.2) is 48.5 Å². The number of ether oxygens (including phenoxy) is 1. The smallest absolute Gasteiger partial charge is 0.0725 e. The van der Waals surface area contributed by atoms with E-state index in [9.17, 15) is 0 Å². The molecule has 3 unspecified atom stereocenters. The summed E-state index contributed by atoms with van der Waals surface area (Å²) in [5.74, 6) is 7.05. The lowest BCUT2D eigenvalue weighted by atomic mass is 9.96. The first kappa shape index (κ1) is 13.0. The van der Waals surface area contributed by atoms with Gasteiger partial charge in [-0.3, -0.25) is 11.3 Å². The topological polar surface area (TPSA) is 47.3 Å². The number of hydrogen-bond donors (Lipinski definition) is 2. The van der Waals surface area contributed by atoms with Gasteiger partial charge in [-0.1, -0.05) is 48.5 Å². The highest BCUT2D eigenvalue weighted by Gasteiger charge is 2.44. The van der Waals surface area contributed by atoms with Gasteiger partial charge in [0.2, 0.25) is 0 Å². The number of rotatable bonds is 4. The van der Waals surface area contributed by atoms with Crippen LogP contribution in [0.3, 0.4) is 0 Å². The molecule has 0 saturated heterocycles. The van der Waals surface area contributed by atoms with Gasteiger partial charge in [0.25, 0.3) is 0 Å². The summed E-state index contributed by atoms with van der Waals surface area (Å²) in [6.07, 6.45) is 1.20. The lowest BCUT2D eigenvalue weighted by Gasteiger charge is -2.17. The highest BCUT2D eigenvalue weighted by molar-refractivity contribution is 5.37. The van der Waals surface area contributed by atoms with Gasteiger partial charge in [0.1, 0.15) is 0 Å². The van der Waals surface area contributed by atoms with E-state index < -0.39 is 0 Å². The monoisotopic (exact) mass is 280 g/mol. The second-order valence-corrected chi connectivity index (χ2v) is 6.08. The van der Waals surface area contributed by atoms with Crippen molar-refractivity contribution in [2.24, 2.45) is 11.8 Å². The van der Waals surface area contributed by atoms with Crippen molar-refractivity contribution in [2.75, 3.05) is 0 Å². The summed E-state index contributed by atoms with van der Waals surface area (Å²) in [5.41, 5.74) is 8.36. The third kappa shape index (κ3) is 2.38. The van der Waals surface area contributed by atoms with Gasteiger partial charge in [-0.25, -0.2) is 0 Å². The minimum absolute atomic E-state index is 0.223. The average molecular weight is 280 g/mol. The Kier molecular flexibility index (Phi) is 3.26. The summed E-state index contributed by atoms with van der Waals surface area (Å²) in [4.78, 5) is 0. The fraction of sp³-hybridized carbons (Fsp3) is 0.333. The molecule has 4 rings (SSSR count). The Bertz CT molecular complexity index is 641. The van der Waals surface area contributed by atoms with Crippen LogP contribution < -0.4 is 11.3 Å². The average Bonchev–Trinajstić information content (AvgIpc) is 3.17. The van der Waals surface area contributed by atoms with Gasteiger partial charge in [-0.15, -0.1) is 0 Å². The van der Waals surface area contributed by atoms with Crippen molar-refractivity contribution in [3.05, 3.63) is 70.8 Å². The number of fused-ring (bicyclic) bond motifs is 1. The molecule has 0 spiro atoms. The molecule has 0 aromatic heterocycles. The molecule has 1 fully saturated rings. The first-order valence-corrected chi connectivity index (χ1v) is 7.57. The highest BCUT2D eigenvalue weighted by Crippen LogP contribution is 2.53. The van der Waals surface area contributed by atoms with E-state index in [2.05, 4.69) is 54.0 Å². The molecule has 0 radical (unpaired) electrons. The van der Waals surface area contributed by atoms with Crippen molar-refractivity contribution in [1.82, 2.24) is 5.43 Å². The molecule has 3 atom stereocenters. The van der Waals surface area contributed by atoms with E-state index in [-0.39, 0.29) is 6.04 Å². The zero-order chi connectivity index (χ0) is 14.2. The summed E-state index contributed by atoms with van der Waals surface area (Å²) in [6.45, 7) is 1.47. The quantitative estimate of drug-likeness (QED) is 0.668. The Labute approximate surface area is 125 Å². The lowest BCUT2D eigenvalue weighted by molar-refractivity contribution is 0.134. The first-order chi connectivity index (χ1) is 10.4. The number of nitrogens with two attached hydrogens (primary N) is 1. The fourth-order valence-electron chi connectivity index (χ4n) is 3.52. The van der Waals surface area contributed by atoms with Gasteiger partial charge in [0, 0.05) is 6.04 Å². The van der Waals surface area contributed by atoms with Crippen LogP contribution >= 0.6 is 0 Å². The second kappa shape index (κ2) is 5.26. The maximum absolute atomic E-state index is 5.85. The van der Waals surface area contributed by atoms with E-state index in [0.717, 1.165) is 13.2 Å². The molecule has 2 aromatic rings. The standard InChI is InChI=1S/C18H20N2O/c19-20-18(13-6-7-14-10-21-11-15(14)8-13)17-9-16(17)12-4-2-1-3-5-12/h1-8,16-18,20H,9-11,19H2. The van der Waals surface area contributed by atoms with E-state index >= 15 is 0 Å². The summed E-state index contributed by atoms with van der Waals surface area (Å²) < 4.78 is 5.50. The Morgan fingerprint density at radius 2 is 1.86 bits per heavy atom. The van der Waals surface area contributed by atoms with Crippen LogP contribution in [-0.4, -0.2) is 0 Å². The van der Waals surface area contributed by atoms with Crippen LogP contribution in [0.2, 0.25) is 0 Å². The minimum Gasteiger partial charge on any atom is -0.372 e. The number of hydrogen-bond acceptors (Lipinski definition) is 3. The van der Waals surface area contributed by atoms with Crippen LogP contribution in [0.25, 0.3) is 0 Å². The van der Waals surface area contributed by atoms with E-state index in [4.69, 9.17) is 10.6 Å². The van der Waals surface area contributed by atoms with Gasteiger partial charge in [-0.05, 0) is 40.5 Å². The molecule has 1 heterocycles. The Hall–Kier alpha value is -1.68. The predicted octanol–water partition coefficient (Wildman–Crippen LogP) is 3.02. The van der Waals surface area contributed by atoms with Crippen molar-refractivity contribution in [3.63, 3.8) is 0 Å². The van der Waals surface area contributed by atoms with Gasteiger partial charge in [0.15, 0.2) is 0 Å². The minimum atomic E-state index is 0.223. The zero-order valence-corrected chi connectivity index (χ0v) is 12.0. The summed E-state index contributed by atoms with van der Waals surface area (Å²) in [5, 5.41) is 0. The van der Waals surface area contributed by atoms with Crippen LogP contribution in [0, 0.1) is 5.92 Å². The zero-order valence-electron chi connectivity index (χ0n) is 12.0. The highest BCUT2D eigenvalue weighted by atomic mass is 16.5. The molecule has 3 N–H and O–H groups in total. The molecule has 1 saturated carbocycles. The Morgan fingerprint density at radius 1 is 1.05 bits per heavy atom. The van der Waals surface area contributed by atoms with Crippen molar-refractivity contribution < 1.29 is 4.74 Å². The Balaban J connectivity index is 1.56. The van der Waals surface area contributed by atoms with Crippen molar-refractivity contribution in [2.45, 2.75) is 31.6 Å². The van der Waals surface area contributed by atoms with Crippen LogP contribution in [0.4, 0.5) is 0 Å². The Morgan fingerprint density at radius 3 is 2.67 bits per heavy atom. The molecule has 3 nitrogen and oxygen atoms in total. The largest absolute Gasteiger partial charge is 0.372 e. The predicted molar refractivity (Wildman–Crippen MR) is 82.3 cm³/mol.